The molecule has 0 unspecified atom stereocenters. The number of carboxylic acid groups (broad SMARTS) is 1. The number of hydrogen-bond donors (Lipinski definition) is 3. The molecular formula is C16H14N2O4. The van der Waals surface area contributed by atoms with E-state index in [1.807, 2.05) is 0 Å². The van der Waals surface area contributed by atoms with E-state index in [4.69, 9.17) is 10.8 Å². The second-order valence-corrected chi connectivity index (χ2v) is 4.59. The van der Waals surface area contributed by atoms with Crippen LogP contribution >= 0.6 is 0 Å². The maximum Gasteiger partial charge on any atom is 0.336 e. The topological polar surface area (TPSA) is 109 Å². The SMILES string of the molecule is NC(=O)c1ccc(CNC(=O)c2ccccc2C(=O)O)cc1. The second-order valence-electron chi connectivity index (χ2n) is 4.59. The average Bonchev–Trinajstić information content (AvgIpc) is 2.53. The lowest BCUT2D eigenvalue weighted by atomic mass is 10.1. The van der Waals surface area contributed by atoms with Crippen molar-refractivity contribution in [1.29, 1.82) is 0 Å². The number of rotatable bonds is 5. The first-order valence-corrected chi connectivity index (χ1v) is 6.48. The van der Waals surface area contributed by atoms with Crippen LogP contribution in [0.15, 0.2) is 48.5 Å². The number of primary amides is 1. The van der Waals surface area contributed by atoms with Crippen molar-refractivity contribution in [2.45, 2.75) is 6.54 Å². The molecule has 0 saturated carbocycles. The molecule has 0 heterocycles. The Morgan fingerprint density at radius 1 is 0.955 bits per heavy atom. The molecule has 2 rings (SSSR count). The quantitative estimate of drug-likeness (QED) is 0.775. The lowest BCUT2D eigenvalue weighted by Crippen LogP contribution is -2.25. The van der Waals surface area contributed by atoms with Crippen LogP contribution in [0.3, 0.4) is 0 Å². The minimum Gasteiger partial charge on any atom is -0.478 e. The van der Waals surface area contributed by atoms with Crippen molar-refractivity contribution in [2.75, 3.05) is 0 Å². The Bertz CT molecular complexity index is 723. The fourth-order valence-corrected chi connectivity index (χ4v) is 1.93. The van der Waals surface area contributed by atoms with Gasteiger partial charge in [-0.25, -0.2) is 4.79 Å². The highest BCUT2D eigenvalue weighted by molar-refractivity contribution is 6.04. The van der Waals surface area contributed by atoms with Crippen molar-refractivity contribution in [1.82, 2.24) is 5.32 Å². The van der Waals surface area contributed by atoms with Crippen LogP contribution in [0.25, 0.3) is 0 Å². The first-order chi connectivity index (χ1) is 10.5. The lowest BCUT2D eigenvalue weighted by molar-refractivity contribution is 0.0690. The predicted octanol–water partition coefficient (Wildman–Crippen LogP) is 1.41. The van der Waals surface area contributed by atoms with Gasteiger partial charge in [0.2, 0.25) is 5.91 Å². The summed E-state index contributed by atoms with van der Waals surface area (Å²) in [6.07, 6.45) is 0. The van der Waals surface area contributed by atoms with Crippen LogP contribution in [0.4, 0.5) is 0 Å². The van der Waals surface area contributed by atoms with E-state index in [9.17, 15) is 14.4 Å². The van der Waals surface area contributed by atoms with Gasteiger partial charge >= 0.3 is 5.97 Å². The molecule has 2 aromatic carbocycles. The minimum absolute atomic E-state index is 0.0518. The number of nitrogens with one attached hydrogen (secondary N) is 1. The second kappa shape index (κ2) is 6.53. The van der Waals surface area contributed by atoms with E-state index in [-0.39, 0.29) is 17.7 Å². The van der Waals surface area contributed by atoms with Crippen molar-refractivity contribution in [3.8, 4) is 0 Å². The normalized spacial score (nSPS) is 10.0. The van der Waals surface area contributed by atoms with Gasteiger partial charge in [0.05, 0.1) is 11.1 Å². The molecule has 0 aromatic heterocycles. The Balaban J connectivity index is 2.07. The van der Waals surface area contributed by atoms with Crippen LogP contribution in [-0.4, -0.2) is 22.9 Å². The van der Waals surface area contributed by atoms with Crippen LogP contribution in [-0.2, 0) is 6.54 Å². The minimum atomic E-state index is -1.16. The third kappa shape index (κ3) is 3.49. The molecule has 0 saturated heterocycles. The number of carboxylic acids is 1. The van der Waals surface area contributed by atoms with Crippen LogP contribution in [0.2, 0.25) is 0 Å². The highest BCUT2D eigenvalue weighted by Gasteiger charge is 2.15. The molecule has 0 radical (unpaired) electrons. The van der Waals surface area contributed by atoms with Gasteiger partial charge in [-0.1, -0.05) is 24.3 Å². The molecule has 4 N–H and O–H groups in total. The molecule has 6 nitrogen and oxygen atoms in total. The summed E-state index contributed by atoms with van der Waals surface area (Å²) in [7, 11) is 0. The van der Waals surface area contributed by atoms with Gasteiger partial charge in [-0.2, -0.15) is 0 Å². The third-order valence-electron chi connectivity index (χ3n) is 3.09. The van der Waals surface area contributed by atoms with Crippen molar-refractivity contribution < 1.29 is 19.5 Å². The first kappa shape index (κ1) is 15.2. The van der Waals surface area contributed by atoms with Crippen LogP contribution in [0.5, 0.6) is 0 Å². The molecule has 2 amide bonds. The van der Waals surface area contributed by atoms with Gasteiger partial charge in [0.15, 0.2) is 0 Å². The maximum atomic E-state index is 12.1. The fourth-order valence-electron chi connectivity index (χ4n) is 1.93. The monoisotopic (exact) mass is 298 g/mol. The summed E-state index contributed by atoms with van der Waals surface area (Å²) in [5.74, 6) is -2.15. The van der Waals surface area contributed by atoms with Crippen molar-refractivity contribution in [3.05, 3.63) is 70.8 Å². The van der Waals surface area contributed by atoms with Gasteiger partial charge in [0, 0.05) is 12.1 Å². The van der Waals surface area contributed by atoms with Crippen LogP contribution < -0.4 is 11.1 Å². The number of nitrogens with two attached hydrogens (primary N) is 1. The highest BCUT2D eigenvalue weighted by Crippen LogP contribution is 2.09. The van der Waals surface area contributed by atoms with Gasteiger partial charge in [-0.15, -0.1) is 0 Å². The van der Waals surface area contributed by atoms with Gasteiger partial charge in [-0.3, -0.25) is 9.59 Å². The van der Waals surface area contributed by atoms with E-state index in [0.717, 1.165) is 5.56 Å². The molecule has 0 fully saturated rings. The summed E-state index contributed by atoms with van der Waals surface area (Å²) in [5.41, 5.74) is 6.34. The molecule has 0 aliphatic rings. The zero-order chi connectivity index (χ0) is 16.1. The Morgan fingerprint density at radius 3 is 2.09 bits per heavy atom. The Kier molecular flexibility index (Phi) is 4.53. The smallest absolute Gasteiger partial charge is 0.336 e. The number of hydrogen-bond acceptors (Lipinski definition) is 3. The Morgan fingerprint density at radius 2 is 1.55 bits per heavy atom. The fraction of sp³-hybridized carbons (Fsp3) is 0.0625. The average molecular weight is 298 g/mol. The summed E-state index contributed by atoms with van der Waals surface area (Å²) >= 11 is 0. The van der Waals surface area contributed by atoms with E-state index in [2.05, 4.69) is 5.32 Å². The third-order valence-corrected chi connectivity index (χ3v) is 3.09. The number of aromatic carboxylic acids is 1. The standard InChI is InChI=1S/C16H14N2O4/c17-14(19)11-7-5-10(6-8-11)9-18-15(20)12-3-1-2-4-13(12)16(21)22/h1-8H,9H2,(H2,17,19)(H,18,20)(H,21,22). The maximum absolute atomic E-state index is 12.1. The summed E-state index contributed by atoms with van der Waals surface area (Å²) < 4.78 is 0. The summed E-state index contributed by atoms with van der Waals surface area (Å²) in [6.45, 7) is 0.214. The van der Waals surface area contributed by atoms with Gasteiger partial charge in [-0.05, 0) is 29.8 Å². The molecule has 112 valence electrons. The van der Waals surface area contributed by atoms with Gasteiger partial charge < -0.3 is 16.2 Å². The lowest BCUT2D eigenvalue weighted by Gasteiger charge is -2.08. The molecule has 0 aliphatic heterocycles. The molecule has 0 spiro atoms. The van der Waals surface area contributed by atoms with Crippen LogP contribution in [0.1, 0.15) is 36.6 Å². The Hall–Kier alpha value is -3.15. The van der Waals surface area contributed by atoms with Gasteiger partial charge in [0.1, 0.15) is 0 Å². The summed E-state index contributed by atoms with van der Waals surface area (Å²) in [5, 5.41) is 11.7. The molecule has 2 aromatic rings. The molecule has 0 bridgehead atoms. The molecular weight excluding hydrogens is 284 g/mol. The molecule has 0 atom stereocenters. The zero-order valence-electron chi connectivity index (χ0n) is 11.6. The molecule has 22 heavy (non-hydrogen) atoms. The van der Waals surface area contributed by atoms with E-state index >= 15 is 0 Å². The van der Waals surface area contributed by atoms with E-state index in [1.54, 1.807) is 36.4 Å². The number of carbonyl (C=O) groups is 3. The largest absolute Gasteiger partial charge is 0.478 e. The molecule has 0 aliphatic carbocycles. The number of carbonyl (C=O) groups excluding carboxylic acids is 2. The van der Waals surface area contributed by atoms with E-state index < -0.39 is 17.8 Å². The highest BCUT2D eigenvalue weighted by atomic mass is 16.4. The van der Waals surface area contributed by atoms with Gasteiger partial charge in [0.25, 0.3) is 5.91 Å². The predicted molar refractivity (Wildman–Crippen MR) is 79.5 cm³/mol. The van der Waals surface area contributed by atoms with E-state index in [0.29, 0.717) is 5.56 Å². The number of benzene rings is 2. The van der Waals surface area contributed by atoms with Crippen molar-refractivity contribution in [3.63, 3.8) is 0 Å². The number of amides is 2. The first-order valence-electron chi connectivity index (χ1n) is 6.48. The van der Waals surface area contributed by atoms with Crippen LogP contribution in [0, 0.1) is 0 Å². The summed E-state index contributed by atoms with van der Waals surface area (Å²) in [4.78, 5) is 34.1. The Labute approximate surface area is 126 Å². The van der Waals surface area contributed by atoms with E-state index in [1.165, 1.54) is 12.1 Å². The van der Waals surface area contributed by atoms with Crippen molar-refractivity contribution in [2.24, 2.45) is 5.73 Å². The zero-order valence-corrected chi connectivity index (χ0v) is 11.6. The summed E-state index contributed by atoms with van der Waals surface area (Å²) in [6, 6.07) is 12.5. The molecule has 6 heteroatoms. The van der Waals surface area contributed by atoms with Crippen molar-refractivity contribution >= 4 is 17.8 Å².